The van der Waals surface area contributed by atoms with Crippen molar-refractivity contribution in [2.24, 2.45) is 23.2 Å². The number of hydrogen-bond donors (Lipinski definition) is 5. The molecule has 0 radical (unpaired) electrons. The van der Waals surface area contributed by atoms with Crippen LogP contribution in [0.3, 0.4) is 0 Å². The Morgan fingerprint density at radius 3 is 2.42 bits per heavy atom. The second-order valence-corrected chi connectivity index (χ2v) is 10.9. The first kappa shape index (κ1) is 23.4. The second kappa shape index (κ2) is 9.21. The first-order chi connectivity index (χ1) is 14.6. The van der Waals surface area contributed by atoms with Crippen molar-refractivity contribution >= 4 is 0 Å². The summed E-state index contributed by atoms with van der Waals surface area (Å²) in [5.41, 5.74) is 0.689. The zero-order valence-corrected chi connectivity index (χ0v) is 18.7. The first-order valence-electron chi connectivity index (χ1n) is 11.9. The molecule has 0 aromatic carbocycles. The summed E-state index contributed by atoms with van der Waals surface area (Å²) in [6.45, 7) is 5.64. The molecule has 0 spiro atoms. The molecule has 0 amide bonds. The molecule has 5 N–H and O–H groups in total. The molecule has 0 aromatic heterocycles. The average Bonchev–Trinajstić information content (AvgIpc) is 3.21. The molecule has 178 valence electrons. The molecule has 3 fully saturated rings. The van der Waals surface area contributed by atoms with Crippen LogP contribution >= 0.6 is 0 Å². The van der Waals surface area contributed by atoms with E-state index in [0.29, 0.717) is 18.4 Å². The predicted octanol–water partition coefficient (Wildman–Crippen LogP) is 2.32. The van der Waals surface area contributed by atoms with E-state index in [-0.39, 0.29) is 37.1 Å². The maximum Gasteiger partial charge on any atom is 0.248 e. The molecule has 2 saturated carbocycles. The van der Waals surface area contributed by atoms with Gasteiger partial charge >= 0.3 is 0 Å². The van der Waals surface area contributed by atoms with Gasteiger partial charge in [0.2, 0.25) is 5.92 Å². The number of aliphatic hydroxyl groups excluding tert-OH is 1. The Kier molecular flexibility index (Phi) is 6.94. The number of alkyl halides is 2. The van der Waals surface area contributed by atoms with Crippen LogP contribution in [0, 0.1) is 23.2 Å². The summed E-state index contributed by atoms with van der Waals surface area (Å²) in [5, 5.41) is 29.6. The van der Waals surface area contributed by atoms with Crippen LogP contribution in [0.2, 0.25) is 0 Å². The van der Waals surface area contributed by atoms with Crippen molar-refractivity contribution in [3.63, 3.8) is 0 Å². The van der Waals surface area contributed by atoms with Gasteiger partial charge in [-0.2, -0.15) is 0 Å². The second-order valence-electron chi connectivity index (χ2n) is 10.9. The summed E-state index contributed by atoms with van der Waals surface area (Å²) < 4.78 is 32.3. The number of hydrogen-bond acceptors (Lipinski definition) is 6. The molecule has 1 saturated heterocycles. The minimum atomic E-state index is -2.45. The molecule has 31 heavy (non-hydrogen) atoms. The first-order valence-corrected chi connectivity index (χ1v) is 11.9. The molecule has 8 heteroatoms. The van der Waals surface area contributed by atoms with E-state index in [1.807, 2.05) is 0 Å². The lowest BCUT2D eigenvalue weighted by molar-refractivity contribution is -0.155. The summed E-state index contributed by atoms with van der Waals surface area (Å²) >= 11 is 0. The molecule has 3 atom stereocenters. The lowest BCUT2D eigenvalue weighted by Crippen LogP contribution is -2.50. The van der Waals surface area contributed by atoms with E-state index in [9.17, 15) is 19.0 Å². The quantitative estimate of drug-likeness (QED) is 0.389. The highest BCUT2D eigenvalue weighted by Gasteiger charge is 2.50. The standard InChI is InChI=1S/C23H39F2N3O3/c1-22(2,21(29)30)13-31-17-6-3-14(4-7-17)18-8-5-15(11-26-18)20-27-12-19(28-20)16-9-23(24,25)10-16/h8,14-17,19-21,26-30H,3-7,9-13H2,1-2H3. The number of ether oxygens (including phenoxy) is 1. The van der Waals surface area contributed by atoms with E-state index in [2.05, 4.69) is 22.0 Å². The normalized spacial score (nSPS) is 36.7. The molecule has 4 aliphatic rings. The highest BCUT2D eigenvalue weighted by molar-refractivity contribution is 5.12. The lowest BCUT2D eigenvalue weighted by Gasteiger charge is -2.39. The van der Waals surface area contributed by atoms with E-state index in [0.717, 1.165) is 45.2 Å². The van der Waals surface area contributed by atoms with Crippen molar-refractivity contribution in [3.8, 4) is 0 Å². The largest absolute Gasteiger partial charge is 0.388 e. The molecule has 2 heterocycles. The van der Waals surface area contributed by atoms with Gasteiger partial charge in [0.15, 0.2) is 6.29 Å². The number of halogens is 2. The Hall–Kier alpha value is -0.800. The maximum absolute atomic E-state index is 13.2. The van der Waals surface area contributed by atoms with E-state index < -0.39 is 17.6 Å². The van der Waals surface area contributed by atoms with Gasteiger partial charge in [-0.15, -0.1) is 0 Å². The van der Waals surface area contributed by atoms with Gasteiger partial charge in [-0.3, -0.25) is 5.32 Å². The topological polar surface area (TPSA) is 85.8 Å². The summed E-state index contributed by atoms with van der Waals surface area (Å²) in [7, 11) is 0. The average molecular weight is 444 g/mol. The van der Waals surface area contributed by atoms with Gasteiger partial charge in [-0.1, -0.05) is 19.9 Å². The minimum absolute atomic E-state index is 0.0243. The molecule has 2 aliphatic carbocycles. The van der Waals surface area contributed by atoms with Crippen molar-refractivity contribution < 1.29 is 23.7 Å². The molecule has 0 bridgehead atoms. The third kappa shape index (κ3) is 5.58. The fraction of sp³-hybridized carbons (Fsp3) is 0.913. The highest BCUT2D eigenvalue weighted by Crippen LogP contribution is 2.44. The molecular weight excluding hydrogens is 404 g/mol. The maximum atomic E-state index is 13.2. The van der Waals surface area contributed by atoms with Gasteiger partial charge < -0.3 is 25.6 Å². The Labute approximate surface area is 184 Å². The van der Waals surface area contributed by atoms with Crippen LogP contribution in [0.1, 0.15) is 58.8 Å². The molecule has 2 aliphatic heterocycles. The summed E-state index contributed by atoms with van der Waals surface area (Å²) in [6.07, 6.45) is 6.53. The smallest absolute Gasteiger partial charge is 0.248 e. The number of nitrogens with one attached hydrogen (secondary N) is 3. The number of aliphatic hydroxyl groups is 2. The molecule has 0 aromatic rings. The zero-order chi connectivity index (χ0) is 22.2. The Morgan fingerprint density at radius 2 is 1.84 bits per heavy atom. The molecule has 6 nitrogen and oxygen atoms in total. The fourth-order valence-corrected chi connectivity index (χ4v) is 5.40. The number of rotatable bonds is 7. The Morgan fingerprint density at radius 1 is 1.13 bits per heavy atom. The molecular formula is C23H39F2N3O3. The molecule has 3 unspecified atom stereocenters. The van der Waals surface area contributed by atoms with Crippen LogP contribution < -0.4 is 16.0 Å². The third-order valence-corrected chi connectivity index (χ3v) is 7.83. The summed E-state index contributed by atoms with van der Waals surface area (Å²) in [5.74, 6) is -1.39. The Balaban J connectivity index is 1.18. The van der Waals surface area contributed by atoms with Crippen molar-refractivity contribution in [1.82, 2.24) is 16.0 Å². The van der Waals surface area contributed by atoms with Crippen LogP contribution in [-0.2, 0) is 4.74 Å². The van der Waals surface area contributed by atoms with Crippen molar-refractivity contribution in [3.05, 3.63) is 11.8 Å². The van der Waals surface area contributed by atoms with Gasteiger partial charge in [0, 0.05) is 49.0 Å². The van der Waals surface area contributed by atoms with Crippen molar-refractivity contribution in [1.29, 1.82) is 0 Å². The monoisotopic (exact) mass is 443 g/mol. The van der Waals surface area contributed by atoms with Gasteiger partial charge in [0.25, 0.3) is 0 Å². The minimum Gasteiger partial charge on any atom is -0.388 e. The van der Waals surface area contributed by atoms with Crippen LogP contribution in [0.15, 0.2) is 11.8 Å². The van der Waals surface area contributed by atoms with E-state index in [4.69, 9.17) is 4.74 Å². The highest BCUT2D eigenvalue weighted by atomic mass is 19.3. The van der Waals surface area contributed by atoms with Crippen LogP contribution in [0.5, 0.6) is 0 Å². The van der Waals surface area contributed by atoms with Crippen molar-refractivity contribution in [2.75, 3.05) is 19.7 Å². The number of allylic oxidation sites excluding steroid dienone is 2. The summed E-state index contributed by atoms with van der Waals surface area (Å²) in [6, 6.07) is 0.169. The molecule has 4 rings (SSSR count). The fourth-order valence-electron chi connectivity index (χ4n) is 5.40. The SMILES string of the molecule is CC(C)(COC1CCC(C2=CCC(C3NCC(C4CC(F)(F)C4)N3)CN2)CC1)C(O)O. The van der Waals surface area contributed by atoms with Gasteiger partial charge in [-0.05, 0) is 43.9 Å². The predicted molar refractivity (Wildman–Crippen MR) is 114 cm³/mol. The van der Waals surface area contributed by atoms with Crippen LogP contribution in [0.25, 0.3) is 0 Å². The van der Waals surface area contributed by atoms with E-state index >= 15 is 0 Å². The van der Waals surface area contributed by atoms with E-state index in [1.165, 1.54) is 5.70 Å². The van der Waals surface area contributed by atoms with Crippen LogP contribution in [-0.4, -0.2) is 60.4 Å². The van der Waals surface area contributed by atoms with Gasteiger partial charge in [0.1, 0.15) is 0 Å². The van der Waals surface area contributed by atoms with Crippen LogP contribution in [0.4, 0.5) is 8.78 Å². The Bertz CT molecular complexity index is 642. The van der Waals surface area contributed by atoms with Gasteiger partial charge in [-0.25, -0.2) is 8.78 Å². The summed E-state index contributed by atoms with van der Waals surface area (Å²) in [4.78, 5) is 0. The third-order valence-electron chi connectivity index (χ3n) is 7.83. The van der Waals surface area contributed by atoms with Gasteiger partial charge in [0.05, 0.1) is 18.9 Å². The lowest BCUT2D eigenvalue weighted by atomic mass is 9.76. The zero-order valence-electron chi connectivity index (χ0n) is 18.7. The van der Waals surface area contributed by atoms with Crippen molar-refractivity contribution in [2.45, 2.75) is 89.3 Å². The van der Waals surface area contributed by atoms with E-state index in [1.54, 1.807) is 13.8 Å².